The Bertz CT molecular complexity index is 993. The summed E-state index contributed by atoms with van der Waals surface area (Å²) in [4.78, 5) is 14.5. The van der Waals surface area contributed by atoms with E-state index < -0.39 is 0 Å². The molecule has 1 atom stereocenters. The smallest absolute Gasteiger partial charge is 0.410 e. The summed E-state index contributed by atoms with van der Waals surface area (Å²) < 4.78 is 11.5. The van der Waals surface area contributed by atoms with Crippen LogP contribution in [-0.2, 0) is 17.8 Å². The molecule has 2 heterocycles. The molecule has 3 aromatic rings. The minimum absolute atomic E-state index is 0.0438. The third-order valence-corrected chi connectivity index (χ3v) is 5.36. The van der Waals surface area contributed by atoms with Crippen molar-refractivity contribution in [2.24, 2.45) is 0 Å². The molecule has 0 spiro atoms. The van der Waals surface area contributed by atoms with Gasteiger partial charge < -0.3 is 19.2 Å². The maximum atomic E-state index is 12.7. The van der Waals surface area contributed by atoms with Gasteiger partial charge in [0.25, 0.3) is 0 Å². The zero-order valence-corrected chi connectivity index (χ0v) is 16.3. The van der Waals surface area contributed by atoms with Crippen molar-refractivity contribution in [2.45, 2.75) is 31.9 Å². The molecule has 1 N–H and O–H groups in total. The Morgan fingerprint density at radius 3 is 2.79 bits per heavy atom. The van der Waals surface area contributed by atoms with Crippen molar-refractivity contribution in [3.63, 3.8) is 0 Å². The van der Waals surface area contributed by atoms with E-state index in [2.05, 4.69) is 0 Å². The van der Waals surface area contributed by atoms with Crippen molar-refractivity contribution >= 4 is 23.1 Å². The largest absolute Gasteiger partial charge is 0.456 e. The van der Waals surface area contributed by atoms with Gasteiger partial charge >= 0.3 is 6.09 Å². The fourth-order valence-corrected chi connectivity index (χ4v) is 3.95. The van der Waals surface area contributed by atoms with E-state index >= 15 is 0 Å². The number of benzene rings is 2. The molecule has 0 bridgehead atoms. The van der Waals surface area contributed by atoms with Crippen molar-refractivity contribution in [3.05, 3.63) is 77.6 Å². The van der Waals surface area contributed by atoms with Crippen LogP contribution < -0.4 is 0 Å². The van der Waals surface area contributed by atoms with Gasteiger partial charge in [0.15, 0.2) is 0 Å². The number of carbonyl (C=O) groups is 1. The van der Waals surface area contributed by atoms with Gasteiger partial charge in [0, 0.05) is 23.5 Å². The second-order valence-corrected chi connectivity index (χ2v) is 7.26. The number of carbonyl (C=O) groups excluding carboxylic acids is 1. The molecule has 2 aromatic carbocycles. The van der Waals surface area contributed by atoms with Crippen LogP contribution in [0.4, 0.5) is 4.79 Å². The summed E-state index contributed by atoms with van der Waals surface area (Å²) in [7, 11) is 0. The molecular formula is C24H25NO4. The van der Waals surface area contributed by atoms with E-state index in [0.717, 1.165) is 40.7 Å². The number of para-hydroxylation sites is 1. The van der Waals surface area contributed by atoms with Crippen molar-refractivity contribution < 1.29 is 19.1 Å². The molecule has 4 rings (SSSR count). The highest BCUT2D eigenvalue weighted by Crippen LogP contribution is 2.31. The third kappa shape index (κ3) is 4.35. The van der Waals surface area contributed by atoms with Crippen molar-refractivity contribution in [2.75, 3.05) is 13.2 Å². The first-order valence-electron chi connectivity index (χ1n) is 10.0. The van der Waals surface area contributed by atoms with Crippen LogP contribution in [-0.4, -0.2) is 35.3 Å². The number of aliphatic hydroxyl groups excluding tert-OH is 1. The van der Waals surface area contributed by atoms with Gasteiger partial charge in [-0.3, -0.25) is 0 Å². The molecule has 5 heteroatoms. The van der Waals surface area contributed by atoms with Crippen LogP contribution in [0.2, 0.25) is 0 Å². The van der Waals surface area contributed by atoms with Crippen LogP contribution >= 0.6 is 0 Å². The van der Waals surface area contributed by atoms with Gasteiger partial charge in [-0.05, 0) is 37.0 Å². The van der Waals surface area contributed by atoms with Crippen molar-refractivity contribution in [1.82, 2.24) is 4.90 Å². The van der Waals surface area contributed by atoms with Crippen LogP contribution in [0.15, 0.2) is 65.1 Å². The fourth-order valence-electron chi connectivity index (χ4n) is 3.95. The molecule has 1 fully saturated rings. The third-order valence-electron chi connectivity index (χ3n) is 5.36. The van der Waals surface area contributed by atoms with Gasteiger partial charge in [-0.15, -0.1) is 0 Å². The average molecular weight is 391 g/mol. The first kappa shape index (κ1) is 19.3. The summed E-state index contributed by atoms with van der Waals surface area (Å²) in [6, 6.07) is 17.7. The second kappa shape index (κ2) is 8.97. The van der Waals surface area contributed by atoms with Gasteiger partial charge in [-0.25, -0.2) is 4.79 Å². The molecule has 0 saturated carbocycles. The Hall–Kier alpha value is -3.05. The average Bonchev–Trinajstić information content (AvgIpc) is 3.36. The molecule has 1 aromatic heterocycles. The number of hydrogen-bond donors (Lipinski definition) is 1. The highest BCUT2D eigenvalue weighted by molar-refractivity contribution is 5.84. The Morgan fingerprint density at radius 1 is 1.17 bits per heavy atom. The van der Waals surface area contributed by atoms with Crippen LogP contribution in [0.25, 0.3) is 17.0 Å². The van der Waals surface area contributed by atoms with E-state index in [0.29, 0.717) is 13.0 Å². The predicted molar refractivity (Wildman–Crippen MR) is 112 cm³/mol. The molecule has 1 aliphatic rings. The van der Waals surface area contributed by atoms with Gasteiger partial charge in [-0.1, -0.05) is 54.6 Å². The standard InChI is InChI=1S/C24H25NO4/c26-15-7-13-23-21(20-11-4-5-12-22(20)29-23)16-19-10-6-14-25(19)24(27)28-17-18-8-2-1-3-9-18/h1-5,7-9,11-13,19,26H,6,10,14-17H2/t19-/m0/s1. The summed E-state index contributed by atoms with van der Waals surface area (Å²) in [6.45, 7) is 0.940. The Labute approximate surface area is 170 Å². The lowest BCUT2D eigenvalue weighted by Crippen LogP contribution is -2.37. The fraction of sp³-hybridized carbons (Fsp3) is 0.292. The first-order chi connectivity index (χ1) is 14.3. The molecule has 0 unspecified atom stereocenters. The number of ether oxygens (including phenoxy) is 1. The van der Waals surface area contributed by atoms with Crippen LogP contribution in [0.3, 0.4) is 0 Å². The van der Waals surface area contributed by atoms with E-state index in [-0.39, 0.29) is 25.3 Å². The summed E-state index contributed by atoms with van der Waals surface area (Å²) >= 11 is 0. The minimum Gasteiger partial charge on any atom is -0.456 e. The van der Waals surface area contributed by atoms with Gasteiger partial charge in [-0.2, -0.15) is 0 Å². The number of aliphatic hydroxyl groups is 1. The van der Waals surface area contributed by atoms with Crippen LogP contribution in [0.5, 0.6) is 0 Å². The molecule has 29 heavy (non-hydrogen) atoms. The summed E-state index contributed by atoms with van der Waals surface area (Å²) in [6.07, 6.45) is 5.80. The Balaban J connectivity index is 1.51. The molecule has 1 amide bonds. The van der Waals surface area contributed by atoms with Gasteiger partial charge in [0.2, 0.25) is 0 Å². The van der Waals surface area contributed by atoms with Crippen LogP contribution in [0, 0.1) is 0 Å². The van der Waals surface area contributed by atoms with Gasteiger partial charge in [0.1, 0.15) is 18.0 Å². The van der Waals surface area contributed by atoms with Gasteiger partial charge in [0.05, 0.1) is 6.61 Å². The Kier molecular flexibility index (Phi) is 5.96. The quantitative estimate of drug-likeness (QED) is 0.657. The van der Waals surface area contributed by atoms with E-state index in [1.807, 2.05) is 65.6 Å². The van der Waals surface area contributed by atoms with E-state index in [1.165, 1.54) is 0 Å². The summed E-state index contributed by atoms with van der Waals surface area (Å²) in [5.41, 5.74) is 2.86. The maximum Gasteiger partial charge on any atom is 0.410 e. The topological polar surface area (TPSA) is 62.9 Å². The molecule has 0 radical (unpaired) electrons. The lowest BCUT2D eigenvalue weighted by atomic mass is 10.0. The summed E-state index contributed by atoms with van der Waals surface area (Å²) in [5.74, 6) is 0.741. The van der Waals surface area contributed by atoms with Crippen molar-refractivity contribution in [3.8, 4) is 0 Å². The van der Waals surface area contributed by atoms with E-state index in [1.54, 1.807) is 6.08 Å². The zero-order chi connectivity index (χ0) is 20.1. The Morgan fingerprint density at radius 2 is 1.97 bits per heavy atom. The molecular weight excluding hydrogens is 366 g/mol. The van der Waals surface area contributed by atoms with Crippen molar-refractivity contribution in [1.29, 1.82) is 0 Å². The molecule has 1 aliphatic heterocycles. The molecule has 150 valence electrons. The number of likely N-dealkylation sites (tertiary alicyclic amines) is 1. The lowest BCUT2D eigenvalue weighted by Gasteiger charge is -2.24. The number of hydrogen-bond acceptors (Lipinski definition) is 4. The van der Waals surface area contributed by atoms with Crippen LogP contribution in [0.1, 0.15) is 29.7 Å². The summed E-state index contributed by atoms with van der Waals surface area (Å²) in [5, 5.41) is 10.2. The first-order valence-corrected chi connectivity index (χ1v) is 10.0. The number of fused-ring (bicyclic) bond motifs is 1. The molecule has 5 nitrogen and oxygen atoms in total. The number of rotatable bonds is 6. The molecule has 1 saturated heterocycles. The SMILES string of the molecule is O=C(OCc1ccccc1)N1CCC[C@H]1Cc1c(C=CCO)oc2ccccc12. The molecule has 0 aliphatic carbocycles. The number of furan rings is 1. The van der Waals surface area contributed by atoms with E-state index in [4.69, 9.17) is 14.3 Å². The highest BCUT2D eigenvalue weighted by atomic mass is 16.6. The number of nitrogens with zero attached hydrogens (tertiary/aromatic N) is 1. The minimum atomic E-state index is -0.267. The predicted octanol–water partition coefficient (Wildman–Crippen LogP) is 4.78. The maximum absolute atomic E-state index is 12.7. The second-order valence-electron chi connectivity index (χ2n) is 7.26. The zero-order valence-electron chi connectivity index (χ0n) is 16.3. The lowest BCUT2D eigenvalue weighted by molar-refractivity contribution is 0.0921. The van der Waals surface area contributed by atoms with E-state index in [9.17, 15) is 4.79 Å². The number of amides is 1. The highest BCUT2D eigenvalue weighted by Gasteiger charge is 2.31. The monoisotopic (exact) mass is 391 g/mol. The normalized spacial score (nSPS) is 16.7.